The zero-order valence-electron chi connectivity index (χ0n) is 3.38. The Labute approximate surface area is 44.9 Å². The first-order chi connectivity index (χ1) is 2.45. The molecule has 0 aromatic rings. The minimum Gasteiger partial charge on any atom is -0.153 e. The van der Waals surface area contributed by atoms with Crippen molar-refractivity contribution < 1.29 is 23.3 Å². The molecule has 0 radical (unpaired) electrons. The summed E-state index contributed by atoms with van der Waals surface area (Å²) in [6.45, 7) is 0. The molecule has 56 valence electrons. The molecule has 8 heteroatoms. The first-order valence-corrected chi connectivity index (χ1v) is 2.78. The molecule has 1 unspecified atom stereocenters. The highest BCUT2D eigenvalue weighted by Gasteiger charge is 2.64. The third kappa shape index (κ3) is 1410. The predicted octanol–water partition coefficient (Wildman–Crippen LogP) is 3.23. The van der Waals surface area contributed by atoms with Crippen molar-refractivity contribution in [3.63, 3.8) is 0 Å². The van der Waals surface area contributed by atoms with E-state index >= 15 is 0 Å². The zero-order chi connectivity index (χ0) is 6.41. The summed E-state index contributed by atoms with van der Waals surface area (Å²) in [5.41, 5.74) is 0. The molecule has 8 heavy (non-hydrogen) atoms. The molecule has 0 aliphatic rings. The molecule has 0 aromatic carbocycles. The first-order valence-electron chi connectivity index (χ1n) is 0.926. The average molecular weight is 180 g/mol. The molecule has 0 fully saturated rings. The van der Waals surface area contributed by atoms with Gasteiger partial charge in [0, 0.05) is 0 Å². The maximum Gasteiger partial charge on any atom is 0.431 e. The molecule has 0 bridgehead atoms. The van der Waals surface area contributed by atoms with Crippen LogP contribution >= 0.6 is 20.5 Å². The van der Waals surface area contributed by atoms with E-state index in [2.05, 4.69) is 0 Å². The molecule has 0 amide bonds. The van der Waals surface area contributed by atoms with E-state index in [0.717, 1.165) is 0 Å². The number of hydrogen-bond acceptors (Lipinski definition) is 0. The SMILES string of the molecule is FS(F)(F)(F)(F)F.P. The van der Waals surface area contributed by atoms with Crippen LogP contribution in [-0.4, -0.2) is 0 Å². The van der Waals surface area contributed by atoms with Crippen LogP contribution in [0, 0.1) is 0 Å². The highest BCUT2D eigenvalue weighted by Crippen LogP contribution is 2.99. The fraction of sp³-hybridized carbons (Fsp3) is 0. The standard InChI is InChI=1S/F6S.H3P/c1-7(2,3,4,5)6;/h;1H3. The molecule has 0 spiro atoms. The molecule has 0 rings (SSSR count). The first kappa shape index (κ1) is 11.2. The average Bonchev–Trinajstić information content (AvgIpc) is 0.592. The Hall–Kier alpha value is 0.360. The van der Waals surface area contributed by atoms with Gasteiger partial charge in [0.2, 0.25) is 0 Å². The second kappa shape index (κ2) is 1.26. The summed E-state index contributed by atoms with van der Waals surface area (Å²) in [5.74, 6) is 0. The lowest BCUT2D eigenvalue weighted by molar-refractivity contribution is 0.291. The maximum atomic E-state index is 9.85. The van der Waals surface area contributed by atoms with Crippen LogP contribution in [0.15, 0.2) is 0 Å². The second-order valence-corrected chi connectivity index (χ2v) is 2.62. The van der Waals surface area contributed by atoms with Crippen molar-refractivity contribution in [1.29, 1.82) is 0 Å². The molecule has 1 atom stereocenters. The van der Waals surface area contributed by atoms with Gasteiger partial charge in [-0.25, -0.2) is 0 Å². The fourth-order valence-electron chi connectivity index (χ4n) is 0. The lowest BCUT2D eigenvalue weighted by Crippen LogP contribution is -1.92. The van der Waals surface area contributed by atoms with E-state index in [1.807, 2.05) is 0 Å². The zero-order valence-corrected chi connectivity index (χ0v) is 5.61. The van der Waals surface area contributed by atoms with Gasteiger partial charge in [-0.2, -0.15) is 9.90 Å². The van der Waals surface area contributed by atoms with Crippen LogP contribution in [0.4, 0.5) is 23.3 Å². The Balaban J connectivity index is 0. The molecule has 0 heterocycles. The van der Waals surface area contributed by atoms with E-state index in [4.69, 9.17) is 0 Å². The van der Waals surface area contributed by atoms with E-state index in [1.165, 1.54) is 0 Å². The van der Waals surface area contributed by atoms with E-state index < -0.39 is 10.6 Å². The summed E-state index contributed by atoms with van der Waals surface area (Å²) < 4.78 is 59.1. The quantitative estimate of drug-likeness (QED) is 0.396. The van der Waals surface area contributed by atoms with Gasteiger partial charge in [-0.1, -0.05) is 23.3 Å². The van der Waals surface area contributed by atoms with Crippen LogP contribution in [-0.2, 0) is 0 Å². The Morgan fingerprint density at radius 3 is 0.625 bits per heavy atom. The summed E-state index contributed by atoms with van der Waals surface area (Å²) in [6, 6.07) is 0. The molecule has 0 saturated carbocycles. The van der Waals surface area contributed by atoms with Crippen molar-refractivity contribution in [2.45, 2.75) is 0 Å². The lowest BCUT2D eigenvalue weighted by atomic mass is 18.6. The number of halogens is 6. The smallest absolute Gasteiger partial charge is 0.153 e. The topological polar surface area (TPSA) is 0 Å². The van der Waals surface area contributed by atoms with E-state index in [9.17, 15) is 23.3 Å². The highest BCUT2D eigenvalue weighted by atomic mass is 32.5. The summed E-state index contributed by atoms with van der Waals surface area (Å²) in [6.07, 6.45) is 0. The Bertz CT molecular complexity index is 67.1. The third-order valence-electron chi connectivity index (χ3n) is 0. The molecular weight excluding hydrogens is 177 g/mol. The minimum absolute atomic E-state index is 0. The molecule has 0 saturated heterocycles. The molecule has 0 nitrogen and oxygen atoms in total. The molecule has 0 aliphatic carbocycles. The van der Waals surface area contributed by atoms with E-state index in [-0.39, 0.29) is 9.90 Å². The number of rotatable bonds is 0. The highest BCUT2D eigenvalue weighted by molar-refractivity contribution is 8.41. The van der Waals surface area contributed by atoms with Crippen molar-refractivity contribution in [1.82, 2.24) is 0 Å². The van der Waals surface area contributed by atoms with E-state index in [0.29, 0.717) is 0 Å². The Morgan fingerprint density at radius 1 is 0.625 bits per heavy atom. The van der Waals surface area contributed by atoms with Gasteiger partial charge in [0.25, 0.3) is 0 Å². The molecular formula is H3F6PS. The summed E-state index contributed by atoms with van der Waals surface area (Å²) in [4.78, 5) is 0. The van der Waals surface area contributed by atoms with Gasteiger partial charge in [0.15, 0.2) is 0 Å². The molecule has 0 aliphatic heterocycles. The van der Waals surface area contributed by atoms with Gasteiger partial charge in [-0.3, -0.25) is 0 Å². The summed E-state index contributed by atoms with van der Waals surface area (Å²) in [5, 5.41) is 0. The third-order valence-corrected chi connectivity index (χ3v) is 0. The summed E-state index contributed by atoms with van der Waals surface area (Å²) in [7, 11) is -10.5. The van der Waals surface area contributed by atoms with Crippen LogP contribution in [0.1, 0.15) is 0 Å². The van der Waals surface area contributed by atoms with Gasteiger partial charge < -0.3 is 0 Å². The van der Waals surface area contributed by atoms with Gasteiger partial charge in [-0.05, 0) is 0 Å². The van der Waals surface area contributed by atoms with Gasteiger partial charge in [-0.15, -0.1) is 0 Å². The maximum absolute atomic E-state index is 10.5. The van der Waals surface area contributed by atoms with Crippen molar-refractivity contribution in [3.05, 3.63) is 0 Å². The van der Waals surface area contributed by atoms with Gasteiger partial charge >= 0.3 is 10.6 Å². The van der Waals surface area contributed by atoms with Crippen molar-refractivity contribution in [2.75, 3.05) is 0 Å². The van der Waals surface area contributed by atoms with Crippen molar-refractivity contribution in [2.24, 2.45) is 0 Å². The minimum atomic E-state index is -10.5. The Morgan fingerprint density at radius 2 is 0.625 bits per heavy atom. The largest absolute Gasteiger partial charge is 0.431 e. The summed E-state index contributed by atoms with van der Waals surface area (Å²) >= 11 is 0. The predicted molar refractivity (Wildman–Crippen MR) is 25.3 cm³/mol. The molecule has 0 aromatic heterocycles. The van der Waals surface area contributed by atoms with Crippen LogP contribution in [0.2, 0.25) is 0 Å². The molecule has 0 N–H and O–H groups in total. The van der Waals surface area contributed by atoms with E-state index in [1.54, 1.807) is 0 Å². The number of hydrogen-bond donors (Lipinski definition) is 0. The second-order valence-electron chi connectivity index (χ2n) is 0.875. The van der Waals surface area contributed by atoms with Gasteiger partial charge in [0.1, 0.15) is 0 Å². The normalized spacial score (nSPS) is 20.2. The fourth-order valence-corrected chi connectivity index (χ4v) is 0. The van der Waals surface area contributed by atoms with Crippen molar-refractivity contribution >= 4 is 20.5 Å². The lowest BCUT2D eigenvalue weighted by Gasteiger charge is -2.28. The Kier molecular flexibility index (Phi) is 1.77. The van der Waals surface area contributed by atoms with Crippen molar-refractivity contribution in [3.8, 4) is 0 Å². The van der Waals surface area contributed by atoms with Crippen LogP contribution < -0.4 is 0 Å². The van der Waals surface area contributed by atoms with Gasteiger partial charge in [0.05, 0.1) is 0 Å². The monoisotopic (exact) mass is 180 g/mol. The van der Waals surface area contributed by atoms with Crippen LogP contribution in [0.25, 0.3) is 0 Å². The van der Waals surface area contributed by atoms with Crippen LogP contribution in [0.3, 0.4) is 0 Å². The van der Waals surface area contributed by atoms with Crippen LogP contribution in [0.5, 0.6) is 0 Å².